The van der Waals surface area contributed by atoms with E-state index in [1.54, 1.807) is 6.92 Å². The Hall–Kier alpha value is -1.81. The number of benzene rings is 1. The Kier molecular flexibility index (Phi) is 7.68. The van der Waals surface area contributed by atoms with Gasteiger partial charge in [-0.25, -0.2) is 17.6 Å². The number of hydrogen-bond donors (Lipinski definition) is 0. The van der Waals surface area contributed by atoms with E-state index in [9.17, 15) is 35.5 Å². The molecule has 2 rings (SSSR count). The first-order chi connectivity index (χ1) is 14.2. The molecular weight excluding hydrogens is 457 g/mol. The van der Waals surface area contributed by atoms with Gasteiger partial charge in [0.2, 0.25) is 0 Å². The van der Waals surface area contributed by atoms with Crippen LogP contribution in [0.5, 0.6) is 0 Å². The van der Waals surface area contributed by atoms with Crippen LogP contribution >= 0.6 is 11.6 Å². The second-order valence-electron chi connectivity index (χ2n) is 7.71. The van der Waals surface area contributed by atoms with Gasteiger partial charge < -0.3 is 9.47 Å². The molecule has 0 heterocycles. The summed E-state index contributed by atoms with van der Waals surface area (Å²) in [5.41, 5.74) is -3.05. The molecule has 0 amide bonds. The molecule has 1 saturated carbocycles. The van der Waals surface area contributed by atoms with E-state index in [0.29, 0.717) is 12.5 Å². The predicted octanol–water partition coefficient (Wildman–Crippen LogP) is 6.17. The molecule has 0 bridgehead atoms. The zero-order valence-electron chi connectivity index (χ0n) is 16.8. The molecule has 0 N–H and O–H groups in total. The highest BCUT2D eigenvalue weighted by Crippen LogP contribution is 2.60. The van der Waals surface area contributed by atoms with E-state index in [0.717, 1.165) is 0 Å². The van der Waals surface area contributed by atoms with E-state index in [2.05, 4.69) is 0 Å². The summed E-state index contributed by atoms with van der Waals surface area (Å²) in [6.07, 6.45) is -3.61. The minimum Gasteiger partial charge on any atom is -0.460 e. The maximum absolute atomic E-state index is 14.2. The molecule has 3 nitrogen and oxygen atoms in total. The van der Waals surface area contributed by atoms with Crippen molar-refractivity contribution in [1.29, 1.82) is 0 Å². The Morgan fingerprint density at radius 2 is 1.52 bits per heavy atom. The standard InChI is InChI=1S/C20H20ClF7O3/c1-4-5-30-7-9-14(22)16(24)10(17(25)15(9)23)8-31-18(29)13-11(19(13,2)3)6-12(21)20(26,27)28/h6,11,13H,4-5,7-8H2,1-3H3. The third-order valence-electron chi connectivity index (χ3n) is 5.16. The number of carbonyl (C=O) groups excluding carboxylic acids is 1. The van der Waals surface area contributed by atoms with Crippen LogP contribution in [0.4, 0.5) is 30.7 Å². The molecule has 2 atom stereocenters. The summed E-state index contributed by atoms with van der Waals surface area (Å²) >= 11 is 5.19. The molecule has 174 valence electrons. The molecule has 0 aliphatic heterocycles. The number of allylic oxidation sites excluding steroid dienone is 2. The maximum atomic E-state index is 14.2. The number of alkyl halides is 3. The van der Waals surface area contributed by atoms with Crippen molar-refractivity contribution in [2.75, 3.05) is 6.61 Å². The van der Waals surface area contributed by atoms with Gasteiger partial charge in [0, 0.05) is 6.61 Å². The van der Waals surface area contributed by atoms with Gasteiger partial charge in [-0.1, -0.05) is 38.4 Å². The zero-order valence-corrected chi connectivity index (χ0v) is 17.6. The van der Waals surface area contributed by atoms with E-state index < -0.39 is 82.0 Å². The van der Waals surface area contributed by atoms with E-state index in [1.807, 2.05) is 0 Å². The maximum Gasteiger partial charge on any atom is 0.426 e. The Morgan fingerprint density at radius 3 is 1.97 bits per heavy atom. The number of carbonyl (C=O) groups is 1. The molecule has 1 aromatic rings. The van der Waals surface area contributed by atoms with Crippen LogP contribution < -0.4 is 0 Å². The van der Waals surface area contributed by atoms with Crippen molar-refractivity contribution in [2.45, 2.75) is 46.6 Å². The molecule has 11 heteroatoms. The van der Waals surface area contributed by atoms with E-state index in [-0.39, 0.29) is 6.61 Å². The van der Waals surface area contributed by atoms with Gasteiger partial charge in [0.15, 0.2) is 23.3 Å². The summed E-state index contributed by atoms with van der Waals surface area (Å²) in [7, 11) is 0. The number of hydrogen-bond acceptors (Lipinski definition) is 3. The summed E-state index contributed by atoms with van der Waals surface area (Å²) < 4.78 is 104. The van der Waals surface area contributed by atoms with Gasteiger partial charge >= 0.3 is 12.1 Å². The van der Waals surface area contributed by atoms with Gasteiger partial charge in [0.05, 0.1) is 23.7 Å². The molecule has 1 aromatic carbocycles. The van der Waals surface area contributed by atoms with Crippen molar-refractivity contribution in [3.8, 4) is 0 Å². The zero-order chi connectivity index (χ0) is 23.7. The van der Waals surface area contributed by atoms with Crippen molar-refractivity contribution in [1.82, 2.24) is 0 Å². The number of halogens is 8. The highest BCUT2D eigenvalue weighted by molar-refractivity contribution is 6.30. The normalized spacial score (nSPS) is 20.7. The third kappa shape index (κ3) is 5.34. The monoisotopic (exact) mass is 476 g/mol. The lowest BCUT2D eigenvalue weighted by atomic mass is 10.1. The minimum absolute atomic E-state index is 0.118. The lowest BCUT2D eigenvalue weighted by Gasteiger charge is -2.13. The van der Waals surface area contributed by atoms with Gasteiger partial charge in [-0.05, 0) is 17.8 Å². The second-order valence-corrected chi connectivity index (χ2v) is 8.12. The van der Waals surface area contributed by atoms with Crippen LogP contribution in [0.2, 0.25) is 0 Å². The van der Waals surface area contributed by atoms with Crippen LogP contribution in [0.1, 0.15) is 38.3 Å². The molecule has 0 aromatic heterocycles. The molecule has 2 unspecified atom stereocenters. The summed E-state index contributed by atoms with van der Waals surface area (Å²) in [6, 6.07) is 0. The Bertz CT molecular complexity index is 852. The van der Waals surface area contributed by atoms with Crippen molar-refractivity contribution < 1.29 is 45.0 Å². The average molecular weight is 477 g/mol. The first-order valence-electron chi connectivity index (χ1n) is 9.27. The fourth-order valence-electron chi connectivity index (χ4n) is 3.22. The van der Waals surface area contributed by atoms with E-state index >= 15 is 0 Å². The Labute approximate surface area is 179 Å². The molecule has 0 saturated heterocycles. The van der Waals surface area contributed by atoms with Crippen LogP contribution in [-0.4, -0.2) is 18.8 Å². The highest BCUT2D eigenvalue weighted by Gasteiger charge is 2.62. The molecule has 31 heavy (non-hydrogen) atoms. The van der Waals surface area contributed by atoms with Crippen LogP contribution in [-0.2, 0) is 27.5 Å². The first kappa shape index (κ1) is 25.5. The summed E-state index contributed by atoms with van der Waals surface area (Å²) in [6.45, 7) is 2.97. The molecule has 1 aliphatic rings. The summed E-state index contributed by atoms with van der Waals surface area (Å²) in [4.78, 5) is 12.2. The fraction of sp³-hybridized carbons (Fsp3) is 0.550. The predicted molar refractivity (Wildman–Crippen MR) is 96.8 cm³/mol. The largest absolute Gasteiger partial charge is 0.460 e. The molecule has 0 spiro atoms. The molecular formula is C20H20ClF7O3. The highest BCUT2D eigenvalue weighted by atomic mass is 35.5. The van der Waals surface area contributed by atoms with Gasteiger partial charge in [-0.3, -0.25) is 4.79 Å². The first-order valence-corrected chi connectivity index (χ1v) is 9.65. The quantitative estimate of drug-likeness (QED) is 0.195. The van der Waals surface area contributed by atoms with Gasteiger partial charge in [0.25, 0.3) is 0 Å². The van der Waals surface area contributed by atoms with Crippen LogP contribution in [0.3, 0.4) is 0 Å². The van der Waals surface area contributed by atoms with Crippen molar-refractivity contribution in [3.63, 3.8) is 0 Å². The van der Waals surface area contributed by atoms with Crippen molar-refractivity contribution >= 4 is 17.6 Å². The molecule has 1 fully saturated rings. The fourth-order valence-corrected chi connectivity index (χ4v) is 3.35. The Balaban J connectivity index is 2.15. The van der Waals surface area contributed by atoms with Crippen LogP contribution in [0.15, 0.2) is 11.1 Å². The molecule has 0 radical (unpaired) electrons. The smallest absolute Gasteiger partial charge is 0.426 e. The van der Waals surface area contributed by atoms with Crippen molar-refractivity contribution in [3.05, 3.63) is 45.5 Å². The van der Waals surface area contributed by atoms with Crippen LogP contribution in [0.25, 0.3) is 0 Å². The van der Waals surface area contributed by atoms with Gasteiger partial charge in [-0.2, -0.15) is 13.2 Å². The number of ether oxygens (including phenoxy) is 2. The van der Waals surface area contributed by atoms with Gasteiger partial charge in [0.1, 0.15) is 11.6 Å². The third-order valence-corrected chi connectivity index (χ3v) is 5.50. The topological polar surface area (TPSA) is 35.5 Å². The van der Waals surface area contributed by atoms with Crippen LogP contribution in [0, 0.1) is 40.5 Å². The summed E-state index contributed by atoms with van der Waals surface area (Å²) in [5.74, 6) is -9.92. The van der Waals surface area contributed by atoms with E-state index in [1.165, 1.54) is 13.8 Å². The number of esters is 1. The SMILES string of the molecule is CCCOCc1c(F)c(F)c(COC(=O)C2C(C=C(Cl)C(F)(F)F)C2(C)C)c(F)c1F. The minimum atomic E-state index is -4.79. The van der Waals surface area contributed by atoms with E-state index in [4.69, 9.17) is 21.1 Å². The molecule has 1 aliphatic carbocycles. The lowest BCUT2D eigenvalue weighted by molar-refractivity contribution is -0.147. The summed E-state index contributed by atoms with van der Waals surface area (Å²) in [5, 5.41) is -1.41. The second kappa shape index (κ2) is 9.36. The average Bonchev–Trinajstić information content (AvgIpc) is 3.22. The number of rotatable bonds is 8. The Morgan fingerprint density at radius 1 is 1.03 bits per heavy atom. The lowest BCUT2D eigenvalue weighted by Crippen LogP contribution is -2.15. The van der Waals surface area contributed by atoms with Crippen molar-refractivity contribution in [2.24, 2.45) is 17.3 Å². The van der Waals surface area contributed by atoms with Gasteiger partial charge in [-0.15, -0.1) is 0 Å².